The van der Waals surface area contributed by atoms with Crippen molar-refractivity contribution in [1.29, 1.82) is 5.26 Å². The fourth-order valence-corrected chi connectivity index (χ4v) is 3.18. The molecule has 0 atom stereocenters. The molecule has 1 N–H and O–H groups in total. The van der Waals surface area contributed by atoms with E-state index < -0.39 is 0 Å². The SMILES string of the molecule is N#CCc1ccc(NC(=O)Cc2coc3ccc4ccccc4c23)cc1. The Kier molecular flexibility index (Phi) is 4.12. The van der Waals surface area contributed by atoms with Crippen LogP contribution in [0.2, 0.25) is 0 Å². The van der Waals surface area contributed by atoms with Crippen LogP contribution in [0.15, 0.2) is 71.3 Å². The molecule has 3 aromatic carbocycles. The average Bonchev–Trinajstić information content (AvgIpc) is 3.07. The van der Waals surface area contributed by atoms with Gasteiger partial charge in [0.05, 0.1) is 25.2 Å². The Bertz CT molecular complexity index is 1130. The molecule has 0 saturated carbocycles. The number of rotatable bonds is 4. The van der Waals surface area contributed by atoms with Crippen LogP contribution < -0.4 is 5.32 Å². The zero-order chi connectivity index (χ0) is 17.9. The van der Waals surface area contributed by atoms with Crippen molar-refractivity contribution in [3.05, 3.63) is 78.1 Å². The van der Waals surface area contributed by atoms with Gasteiger partial charge in [-0.25, -0.2) is 0 Å². The highest BCUT2D eigenvalue weighted by atomic mass is 16.3. The van der Waals surface area contributed by atoms with Gasteiger partial charge in [-0.05, 0) is 34.5 Å². The van der Waals surface area contributed by atoms with Crippen LogP contribution in [0, 0.1) is 11.3 Å². The van der Waals surface area contributed by atoms with Crippen molar-refractivity contribution >= 4 is 33.3 Å². The van der Waals surface area contributed by atoms with Crippen molar-refractivity contribution in [2.24, 2.45) is 0 Å². The lowest BCUT2D eigenvalue weighted by Gasteiger charge is -2.06. The minimum Gasteiger partial charge on any atom is -0.464 e. The van der Waals surface area contributed by atoms with Gasteiger partial charge in [-0.2, -0.15) is 5.26 Å². The Hall–Kier alpha value is -3.58. The Morgan fingerprint density at radius 1 is 1.04 bits per heavy atom. The second-order valence-corrected chi connectivity index (χ2v) is 6.18. The van der Waals surface area contributed by atoms with Gasteiger partial charge in [0, 0.05) is 16.6 Å². The van der Waals surface area contributed by atoms with Gasteiger partial charge in [0.15, 0.2) is 0 Å². The fraction of sp³-hybridized carbons (Fsp3) is 0.0909. The molecule has 1 heterocycles. The lowest BCUT2D eigenvalue weighted by molar-refractivity contribution is -0.115. The first kappa shape index (κ1) is 15.9. The molecule has 1 aromatic heterocycles. The molecule has 0 aliphatic carbocycles. The third kappa shape index (κ3) is 3.03. The first-order chi connectivity index (χ1) is 12.7. The second-order valence-electron chi connectivity index (χ2n) is 6.18. The zero-order valence-corrected chi connectivity index (χ0v) is 14.0. The second kappa shape index (κ2) is 6.73. The summed E-state index contributed by atoms with van der Waals surface area (Å²) in [5.74, 6) is -0.103. The summed E-state index contributed by atoms with van der Waals surface area (Å²) >= 11 is 0. The molecule has 0 radical (unpaired) electrons. The number of nitrogens with zero attached hydrogens (tertiary/aromatic N) is 1. The molecule has 26 heavy (non-hydrogen) atoms. The van der Waals surface area contributed by atoms with Crippen molar-refractivity contribution in [1.82, 2.24) is 0 Å². The van der Waals surface area contributed by atoms with E-state index in [2.05, 4.69) is 17.5 Å². The normalized spacial score (nSPS) is 10.7. The van der Waals surface area contributed by atoms with E-state index in [0.717, 1.165) is 32.9 Å². The standard InChI is InChI=1S/C22H16N2O2/c23-12-11-15-5-8-18(9-6-15)24-21(25)13-17-14-26-20-10-7-16-3-1-2-4-19(16)22(17)20/h1-10,14H,11,13H2,(H,24,25). The zero-order valence-electron chi connectivity index (χ0n) is 14.0. The number of nitrogens with one attached hydrogen (secondary N) is 1. The number of hydrogen-bond donors (Lipinski definition) is 1. The van der Waals surface area contributed by atoms with Gasteiger partial charge in [-0.1, -0.05) is 42.5 Å². The highest BCUT2D eigenvalue weighted by molar-refractivity contribution is 6.09. The Morgan fingerprint density at radius 3 is 2.65 bits per heavy atom. The van der Waals surface area contributed by atoms with Crippen molar-refractivity contribution < 1.29 is 9.21 Å². The first-order valence-electron chi connectivity index (χ1n) is 8.38. The predicted octanol–water partition coefficient (Wildman–Crippen LogP) is 4.83. The topological polar surface area (TPSA) is 66.0 Å². The minimum absolute atomic E-state index is 0.103. The Labute approximate surface area is 150 Å². The number of benzene rings is 3. The molecule has 0 fully saturated rings. The number of carbonyl (C=O) groups excluding carboxylic acids is 1. The third-order valence-electron chi connectivity index (χ3n) is 4.41. The number of amides is 1. The molecule has 4 heteroatoms. The van der Waals surface area contributed by atoms with E-state index in [1.807, 2.05) is 54.6 Å². The van der Waals surface area contributed by atoms with Crippen LogP contribution in [-0.2, 0) is 17.6 Å². The molecule has 4 rings (SSSR count). The van der Waals surface area contributed by atoms with E-state index in [0.29, 0.717) is 12.1 Å². The minimum atomic E-state index is -0.103. The molecule has 126 valence electrons. The average molecular weight is 340 g/mol. The molecule has 4 nitrogen and oxygen atoms in total. The highest BCUT2D eigenvalue weighted by Gasteiger charge is 2.13. The molecule has 0 unspecified atom stereocenters. The summed E-state index contributed by atoms with van der Waals surface area (Å²) in [6.45, 7) is 0. The molecular formula is C22H16N2O2. The smallest absolute Gasteiger partial charge is 0.228 e. The Morgan fingerprint density at radius 2 is 1.85 bits per heavy atom. The van der Waals surface area contributed by atoms with Crippen LogP contribution in [0.4, 0.5) is 5.69 Å². The summed E-state index contributed by atoms with van der Waals surface area (Å²) in [4.78, 5) is 12.5. The molecule has 0 saturated heterocycles. The van der Waals surface area contributed by atoms with Crippen LogP contribution >= 0.6 is 0 Å². The molecule has 0 aliphatic rings. The van der Waals surface area contributed by atoms with Gasteiger partial charge >= 0.3 is 0 Å². The van der Waals surface area contributed by atoms with Crippen molar-refractivity contribution in [2.75, 3.05) is 5.32 Å². The number of hydrogen-bond acceptors (Lipinski definition) is 3. The van der Waals surface area contributed by atoms with Crippen molar-refractivity contribution in [3.63, 3.8) is 0 Å². The number of fused-ring (bicyclic) bond motifs is 3. The number of carbonyl (C=O) groups is 1. The maximum Gasteiger partial charge on any atom is 0.228 e. The summed E-state index contributed by atoms with van der Waals surface area (Å²) in [7, 11) is 0. The summed E-state index contributed by atoms with van der Waals surface area (Å²) in [6.07, 6.45) is 2.26. The van der Waals surface area contributed by atoms with Crippen LogP contribution in [0.1, 0.15) is 11.1 Å². The maximum absolute atomic E-state index is 12.5. The molecule has 4 aromatic rings. The summed E-state index contributed by atoms with van der Waals surface area (Å²) in [5.41, 5.74) is 3.30. The lowest BCUT2D eigenvalue weighted by Crippen LogP contribution is -2.14. The first-order valence-corrected chi connectivity index (χ1v) is 8.38. The van der Waals surface area contributed by atoms with Gasteiger partial charge in [0.2, 0.25) is 5.91 Å². The van der Waals surface area contributed by atoms with Gasteiger partial charge in [-0.15, -0.1) is 0 Å². The largest absolute Gasteiger partial charge is 0.464 e. The molecule has 0 bridgehead atoms. The van der Waals surface area contributed by atoms with Crippen LogP contribution in [-0.4, -0.2) is 5.91 Å². The summed E-state index contributed by atoms with van der Waals surface area (Å²) in [5, 5.41) is 14.8. The van der Waals surface area contributed by atoms with Crippen LogP contribution in [0.3, 0.4) is 0 Å². The van der Waals surface area contributed by atoms with E-state index in [1.165, 1.54) is 0 Å². The van der Waals surface area contributed by atoms with Gasteiger partial charge < -0.3 is 9.73 Å². The van der Waals surface area contributed by atoms with Gasteiger partial charge in [0.1, 0.15) is 5.58 Å². The highest BCUT2D eigenvalue weighted by Crippen LogP contribution is 2.30. The van der Waals surface area contributed by atoms with E-state index >= 15 is 0 Å². The molecule has 1 amide bonds. The number of furan rings is 1. The summed E-state index contributed by atoms with van der Waals surface area (Å²) < 4.78 is 5.64. The van der Waals surface area contributed by atoms with Crippen molar-refractivity contribution in [2.45, 2.75) is 12.8 Å². The fourth-order valence-electron chi connectivity index (χ4n) is 3.18. The monoisotopic (exact) mass is 340 g/mol. The van der Waals surface area contributed by atoms with Crippen LogP contribution in [0.25, 0.3) is 21.7 Å². The van der Waals surface area contributed by atoms with Crippen LogP contribution in [0.5, 0.6) is 0 Å². The number of nitriles is 1. The van der Waals surface area contributed by atoms with E-state index in [4.69, 9.17) is 9.68 Å². The predicted molar refractivity (Wildman–Crippen MR) is 102 cm³/mol. The maximum atomic E-state index is 12.5. The molecular weight excluding hydrogens is 324 g/mol. The quantitative estimate of drug-likeness (QED) is 0.578. The Balaban J connectivity index is 1.58. The van der Waals surface area contributed by atoms with Crippen molar-refractivity contribution in [3.8, 4) is 6.07 Å². The van der Waals surface area contributed by atoms with Gasteiger partial charge in [0.25, 0.3) is 0 Å². The number of anilines is 1. The molecule has 0 aliphatic heterocycles. The van der Waals surface area contributed by atoms with E-state index in [1.54, 1.807) is 6.26 Å². The summed E-state index contributed by atoms with van der Waals surface area (Å²) in [6, 6.07) is 21.5. The van der Waals surface area contributed by atoms with E-state index in [9.17, 15) is 4.79 Å². The molecule has 0 spiro atoms. The lowest BCUT2D eigenvalue weighted by atomic mass is 10.0. The third-order valence-corrected chi connectivity index (χ3v) is 4.41. The van der Waals surface area contributed by atoms with Gasteiger partial charge in [-0.3, -0.25) is 4.79 Å². The van der Waals surface area contributed by atoms with E-state index in [-0.39, 0.29) is 12.3 Å².